The molecule has 2 aromatic rings. The van der Waals surface area contributed by atoms with Crippen LogP contribution < -0.4 is 5.73 Å². The summed E-state index contributed by atoms with van der Waals surface area (Å²) in [5.41, 5.74) is 8.49. The first kappa shape index (κ1) is 13.2. The first-order chi connectivity index (χ1) is 9.67. The van der Waals surface area contributed by atoms with Gasteiger partial charge in [0.25, 0.3) is 5.89 Å². The first-order valence-electron chi connectivity index (χ1n) is 6.80. The van der Waals surface area contributed by atoms with Crippen LogP contribution in [0.3, 0.4) is 0 Å². The summed E-state index contributed by atoms with van der Waals surface area (Å²) >= 11 is 0. The van der Waals surface area contributed by atoms with Crippen LogP contribution in [0.15, 0.2) is 16.8 Å². The fraction of sp³-hybridized carbons (Fsp3) is 0.500. The second-order valence-corrected chi connectivity index (χ2v) is 5.19. The third kappa shape index (κ3) is 2.44. The second kappa shape index (κ2) is 5.30. The predicted molar refractivity (Wildman–Crippen MR) is 72.9 cm³/mol. The van der Waals surface area contributed by atoms with Gasteiger partial charge in [-0.15, -0.1) is 0 Å². The van der Waals surface area contributed by atoms with E-state index in [9.17, 15) is 0 Å². The molecule has 2 aromatic heterocycles. The Hall–Kier alpha value is -1.79. The molecule has 3 rings (SSSR count). The topological polar surface area (TPSA) is 87.1 Å². The Labute approximate surface area is 117 Å². The van der Waals surface area contributed by atoms with Crippen molar-refractivity contribution in [1.29, 1.82) is 0 Å². The summed E-state index contributed by atoms with van der Waals surface area (Å²) < 4.78 is 11.1. The summed E-state index contributed by atoms with van der Waals surface area (Å²) in [5.74, 6) is 1.02. The highest BCUT2D eigenvalue weighted by Gasteiger charge is 2.30. The Morgan fingerprint density at radius 2 is 2.20 bits per heavy atom. The number of hydrogen-bond acceptors (Lipinski definition) is 6. The second-order valence-electron chi connectivity index (χ2n) is 5.19. The number of rotatable bonds is 3. The minimum Gasteiger partial charge on any atom is -0.364 e. The zero-order valence-corrected chi connectivity index (χ0v) is 11.7. The van der Waals surface area contributed by atoms with Crippen LogP contribution in [0.1, 0.15) is 36.0 Å². The van der Waals surface area contributed by atoms with E-state index < -0.39 is 0 Å². The average molecular weight is 274 g/mol. The Morgan fingerprint density at radius 3 is 2.90 bits per heavy atom. The number of aromatic nitrogens is 3. The number of aryl methyl sites for hydroxylation is 2. The SMILES string of the molecule is Cc1cnc(-c2noc(C3CCC(CN)O3)n2)c(C)c1. The molecule has 20 heavy (non-hydrogen) atoms. The molecule has 0 amide bonds. The van der Waals surface area contributed by atoms with E-state index in [0.29, 0.717) is 18.3 Å². The molecule has 106 valence electrons. The van der Waals surface area contributed by atoms with E-state index in [0.717, 1.165) is 29.7 Å². The van der Waals surface area contributed by atoms with E-state index in [1.165, 1.54) is 0 Å². The van der Waals surface area contributed by atoms with Crippen molar-refractivity contribution in [2.45, 2.75) is 38.9 Å². The minimum absolute atomic E-state index is 0.0922. The van der Waals surface area contributed by atoms with Gasteiger partial charge in [-0.05, 0) is 37.8 Å². The van der Waals surface area contributed by atoms with E-state index in [-0.39, 0.29) is 12.2 Å². The molecule has 0 aliphatic carbocycles. The third-order valence-electron chi connectivity index (χ3n) is 3.51. The normalized spacial score (nSPS) is 22.4. The highest BCUT2D eigenvalue weighted by atomic mass is 16.5. The molecule has 1 aliphatic rings. The fourth-order valence-electron chi connectivity index (χ4n) is 2.47. The molecule has 0 saturated carbocycles. The van der Waals surface area contributed by atoms with Gasteiger partial charge in [0, 0.05) is 12.7 Å². The molecule has 0 bridgehead atoms. The highest BCUT2D eigenvalue weighted by Crippen LogP contribution is 2.32. The van der Waals surface area contributed by atoms with Gasteiger partial charge in [-0.2, -0.15) is 4.98 Å². The van der Waals surface area contributed by atoms with Gasteiger partial charge in [0.2, 0.25) is 5.82 Å². The molecular formula is C14H18N4O2. The van der Waals surface area contributed by atoms with Gasteiger partial charge in [-0.3, -0.25) is 4.98 Å². The maximum atomic E-state index is 5.75. The van der Waals surface area contributed by atoms with Crippen LogP contribution in [0.25, 0.3) is 11.5 Å². The van der Waals surface area contributed by atoms with E-state index in [4.69, 9.17) is 15.0 Å². The van der Waals surface area contributed by atoms with Crippen molar-refractivity contribution in [3.8, 4) is 11.5 Å². The zero-order valence-electron chi connectivity index (χ0n) is 11.7. The Morgan fingerprint density at radius 1 is 1.35 bits per heavy atom. The molecular weight excluding hydrogens is 256 g/mol. The molecule has 2 N–H and O–H groups in total. The molecule has 2 unspecified atom stereocenters. The quantitative estimate of drug-likeness (QED) is 0.920. The summed E-state index contributed by atoms with van der Waals surface area (Å²) in [6, 6.07) is 2.05. The van der Waals surface area contributed by atoms with E-state index in [1.54, 1.807) is 6.20 Å². The van der Waals surface area contributed by atoms with Crippen LogP contribution in [-0.2, 0) is 4.74 Å². The summed E-state index contributed by atoms with van der Waals surface area (Å²) in [6.45, 7) is 4.52. The van der Waals surface area contributed by atoms with Gasteiger partial charge >= 0.3 is 0 Å². The maximum Gasteiger partial charge on any atom is 0.256 e. The van der Waals surface area contributed by atoms with Gasteiger partial charge in [0.15, 0.2) is 0 Å². The maximum absolute atomic E-state index is 5.75. The molecule has 1 fully saturated rings. The summed E-state index contributed by atoms with van der Waals surface area (Å²) in [4.78, 5) is 8.79. The number of pyridine rings is 1. The lowest BCUT2D eigenvalue weighted by Crippen LogP contribution is -2.18. The van der Waals surface area contributed by atoms with E-state index in [1.807, 2.05) is 13.8 Å². The number of hydrogen-bond donors (Lipinski definition) is 1. The third-order valence-corrected chi connectivity index (χ3v) is 3.51. The van der Waals surface area contributed by atoms with Crippen molar-refractivity contribution in [1.82, 2.24) is 15.1 Å². The van der Waals surface area contributed by atoms with Crippen LogP contribution in [0.5, 0.6) is 0 Å². The standard InChI is InChI=1S/C14H18N4O2/c1-8-5-9(2)12(16-7-8)13-17-14(20-18-13)11-4-3-10(6-15)19-11/h5,7,10-11H,3-4,6,15H2,1-2H3. The van der Waals surface area contributed by atoms with Gasteiger partial charge in [0.1, 0.15) is 11.8 Å². The van der Waals surface area contributed by atoms with Gasteiger partial charge < -0.3 is 15.0 Å². The van der Waals surface area contributed by atoms with Crippen molar-refractivity contribution in [3.63, 3.8) is 0 Å². The van der Waals surface area contributed by atoms with Crippen LogP contribution in [-0.4, -0.2) is 27.8 Å². The molecule has 2 atom stereocenters. The fourth-order valence-corrected chi connectivity index (χ4v) is 2.47. The summed E-state index contributed by atoms with van der Waals surface area (Å²) in [6.07, 6.45) is 3.55. The number of ether oxygens (including phenoxy) is 1. The van der Waals surface area contributed by atoms with Gasteiger partial charge in [0.05, 0.1) is 6.10 Å². The van der Waals surface area contributed by atoms with Crippen molar-refractivity contribution in [2.24, 2.45) is 5.73 Å². The van der Waals surface area contributed by atoms with Crippen LogP contribution in [0.4, 0.5) is 0 Å². The molecule has 0 spiro atoms. The lowest BCUT2D eigenvalue weighted by molar-refractivity contribution is 0.0307. The Balaban J connectivity index is 1.83. The minimum atomic E-state index is -0.143. The first-order valence-corrected chi connectivity index (χ1v) is 6.80. The summed E-state index contributed by atoms with van der Waals surface area (Å²) in [7, 11) is 0. The van der Waals surface area contributed by atoms with Crippen molar-refractivity contribution in [2.75, 3.05) is 6.54 Å². The lowest BCUT2D eigenvalue weighted by atomic mass is 10.1. The Bertz CT molecular complexity index is 611. The molecule has 3 heterocycles. The predicted octanol–water partition coefficient (Wildman–Crippen LogP) is 1.93. The van der Waals surface area contributed by atoms with E-state index in [2.05, 4.69) is 21.2 Å². The smallest absolute Gasteiger partial charge is 0.256 e. The largest absolute Gasteiger partial charge is 0.364 e. The monoisotopic (exact) mass is 274 g/mol. The van der Waals surface area contributed by atoms with Crippen molar-refractivity contribution < 1.29 is 9.26 Å². The summed E-state index contributed by atoms with van der Waals surface area (Å²) in [5, 5.41) is 4.01. The lowest BCUT2D eigenvalue weighted by Gasteiger charge is -2.07. The molecule has 0 radical (unpaired) electrons. The molecule has 1 aliphatic heterocycles. The van der Waals surface area contributed by atoms with Gasteiger partial charge in [-0.25, -0.2) is 0 Å². The molecule has 6 nitrogen and oxygen atoms in total. The van der Waals surface area contributed by atoms with Crippen LogP contribution >= 0.6 is 0 Å². The van der Waals surface area contributed by atoms with Crippen LogP contribution in [0.2, 0.25) is 0 Å². The molecule has 0 aromatic carbocycles. The zero-order chi connectivity index (χ0) is 14.1. The van der Waals surface area contributed by atoms with E-state index >= 15 is 0 Å². The van der Waals surface area contributed by atoms with Crippen molar-refractivity contribution in [3.05, 3.63) is 29.3 Å². The number of nitrogens with two attached hydrogens (primary N) is 1. The Kier molecular flexibility index (Phi) is 3.50. The molecule has 1 saturated heterocycles. The highest BCUT2D eigenvalue weighted by molar-refractivity contribution is 5.54. The average Bonchev–Trinajstić information content (AvgIpc) is 3.07. The van der Waals surface area contributed by atoms with Crippen molar-refractivity contribution >= 4 is 0 Å². The van der Waals surface area contributed by atoms with Crippen LogP contribution in [0, 0.1) is 13.8 Å². The molecule has 6 heteroatoms. The van der Waals surface area contributed by atoms with Gasteiger partial charge in [-0.1, -0.05) is 11.2 Å². The number of nitrogens with zero attached hydrogens (tertiary/aromatic N) is 3.